The van der Waals surface area contributed by atoms with Gasteiger partial charge in [0.1, 0.15) is 0 Å². The van der Waals surface area contributed by atoms with Crippen molar-refractivity contribution in [1.82, 2.24) is 0 Å². The van der Waals surface area contributed by atoms with Crippen LogP contribution in [0.4, 0.5) is 0 Å². The summed E-state index contributed by atoms with van der Waals surface area (Å²) in [5, 5.41) is 2.85. The molecule has 4 aromatic carbocycles. The molecule has 85 heavy (non-hydrogen) atoms. The van der Waals surface area contributed by atoms with Crippen LogP contribution in [0, 0.1) is 0 Å². The molecule has 0 atom stereocenters. The van der Waals surface area contributed by atoms with Gasteiger partial charge in [0, 0.05) is 0 Å². The van der Waals surface area contributed by atoms with Gasteiger partial charge in [0.15, 0.2) is 0 Å². The average molecular weight is 1210 g/mol. The molecule has 4 rings (SSSR count). The molecule has 0 saturated heterocycles. The first-order valence-corrected chi connectivity index (χ1v) is 40.9. The predicted molar refractivity (Wildman–Crippen MR) is 380 cm³/mol. The summed E-state index contributed by atoms with van der Waals surface area (Å²) in [6, 6.07) is 35.4. The smallest absolute Gasteiger partial charge is 0.0654 e. The maximum atomic E-state index is 16.1. The minimum absolute atomic E-state index is 0.418. The van der Waals surface area contributed by atoms with Gasteiger partial charge in [-0.3, -0.25) is 0 Å². The van der Waals surface area contributed by atoms with Crippen molar-refractivity contribution in [2.24, 2.45) is 0 Å². The van der Waals surface area contributed by atoms with Crippen molar-refractivity contribution in [3.8, 4) is 0 Å². The summed E-state index contributed by atoms with van der Waals surface area (Å²) in [4.78, 5) is 0.418. The molecule has 0 radical (unpaired) electrons. The molecule has 0 N–H and O–H groups in total. The quantitative estimate of drug-likeness (QED) is 0.0327. The molecule has 0 bridgehead atoms. The first-order chi connectivity index (χ1) is 41.9. The van der Waals surface area contributed by atoms with Gasteiger partial charge in [-0.05, 0) is 0 Å². The van der Waals surface area contributed by atoms with E-state index >= 15 is 8.42 Å². The van der Waals surface area contributed by atoms with E-state index in [-0.39, 0.29) is 0 Å². The van der Waals surface area contributed by atoms with Gasteiger partial charge >= 0.3 is 318 Å². The molecule has 0 spiro atoms. The van der Waals surface area contributed by atoms with Crippen molar-refractivity contribution < 1.29 is 12.4 Å². The Balaban J connectivity index is 1.53. The molecular formula is C80H133O3PS. The Morgan fingerprint density at radius 1 is 0.271 bits per heavy atom. The number of unbranched alkanes of at least 4 members (excludes halogenated alkanes) is 45. The molecule has 0 saturated carbocycles. The van der Waals surface area contributed by atoms with Gasteiger partial charge < -0.3 is 0 Å². The topological polar surface area (TPSA) is 43.4 Å². The van der Waals surface area contributed by atoms with Crippen LogP contribution in [0.1, 0.15) is 353 Å². The van der Waals surface area contributed by atoms with Gasteiger partial charge in [-0.2, -0.15) is 0 Å². The SMILES string of the molecule is CCCCCCCCCCCCCCCCCCc1ccc(S(=O)(=O)OP(CC)(c2ccccc2)(c2ccccc2)c2ccccc2)c(CCCCCCCCCCCCCCCCCC)c1CCCCCCCCCCCCCCCCCC. The van der Waals surface area contributed by atoms with E-state index in [1.807, 2.05) is 24.3 Å². The van der Waals surface area contributed by atoms with Gasteiger partial charge in [0.25, 0.3) is 0 Å². The molecule has 0 aliphatic carbocycles. The summed E-state index contributed by atoms with van der Waals surface area (Å²) in [6.45, 7) is 4.93. The second-order valence-corrected chi connectivity index (χ2v) is 33.0. The van der Waals surface area contributed by atoms with Crippen LogP contribution in [0.3, 0.4) is 0 Å². The fourth-order valence-electron chi connectivity index (χ4n) is 14.0. The Morgan fingerprint density at radius 2 is 0.506 bits per heavy atom. The summed E-state index contributed by atoms with van der Waals surface area (Å²) < 4.78 is 39.8. The molecule has 3 nitrogen and oxygen atoms in total. The van der Waals surface area contributed by atoms with Crippen molar-refractivity contribution in [2.45, 2.75) is 360 Å². The number of hydrogen-bond donors (Lipinski definition) is 0. The van der Waals surface area contributed by atoms with E-state index in [1.165, 1.54) is 294 Å². The minimum atomic E-state index is -4.33. The van der Waals surface area contributed by atoms with Crippen LogP contribution >= 0.6 is 6.83 Å². The maximum absolute atomic E-state index is 16.1. The number of benzene rings is 4. The van der Waals surface area contributed by atoms with Crippen molar-refractivity contribution in [3.05, 3.63) is 120 Å². The summed E-state index contributed by atoms with van der Waals surface area (Å²) >= 11 is 0. The van der Waals surface area contributed by atoms with Crippen molar-refractivity contribution in [3.63, 3.8) is 0 Å². The predicted octanol–water partition coefficient (Wildman–Crippen LogP) is 25.3. The summed E-state index contributed by atoms with van der Waals surface area (Å²) in [6.07, 6.45) is 67.9. The monoisotopic (exact) mass is 1200 g/mol. The summed E-state index contributed by atoms with van der Waals surface area (Å²) in [7, 11) is -4.33. The second-order valence-electron chi connectivity index (χ2n) is 26.4. The third-order valence-corrected chi connectivity index (χ3v) is 27.8. The zero-order valence-electron chi connectivity index (χ0n) is 56.2. The first-order valence-electron chi connectivity index (χ1n) is 37.2. The molecule has 0 unspecified atom stereocenters. The van der Waals surface area contributed by atoms with Crippen LogP contribution in [-0.2, 0) is 33.4 Å². The van der Waals surface area contributed by atoms with E-state index in [0.717, 1.165) is 66.4 Å². The van der Waals surface area contributed by atoms with E-state index in [4.69, 9.17) is 3.97 Å². The fraction of sp³-hybridized carbons (Fsp3) is 0.700. The molecular weight excluding hydrogens is 1070 g/mol. The standard InChI is InChI=1S/C80H133O3PS/c1-5-9-12-15-18-21-24-27-30-33-36-39-42-45-48-54-63-74-72-73-80(85(81,82)83-84(8-4,75-64-55-51-56-65-75,76-66-57-52-58-67-76)77-68-59-53-60-69-77)79(71-62-50-47-44-41-38-35-32-29-26-23-20-17-14-11-7-3)78(74)70-61-49-46-43-40-37-34-31-28-25-22-19-16-13-10-6-2/h51-53,55-60,64-69,72-73H,5-50,54,61-63,70-71H2,1-4H3. The third kappa shape index (κ3) is 28.7. The van der Waals surface area contributed by atoms with E-state index in [0.29, 0.717) is 11.1 Å². The molecule has 0 aliphatic heterocycles. The van der Waals surface area contributed by atoms with Gasteiger partial charge in [-0.15, -0.1) is 0 Å². The van der Waals surface area contributed by atoms with Gasteiger partial charge in [-0.1, -0.05) is 213 Å². The van der Waals surface area contributed by atoms with Crippen LogP contribution in [0.15, 0.2) is 108 Å². The number of hydrogen-bond acceptors (Lipinski definition) is 3. The van der Waals surface area contributed by atoms with Gasteiger partial charge in [0.05, 0.1) is 0 Å². The molecule has 4 aromatic rings. The Kier molecular flexibility index (Phi) is 42.3. The van der Waals surface area contributed by atoms with Gasteiger partial charge in [-0.25, -0.2) is 0 Å². The number of aryl methyl sites for hydroxylation is 1. The third-order valence-electron chi connectivity index (χ3n) is 19.4. The molecule has 0 heterocycles. The first kappa shape index (κ1) is 74.7. The van der Waals surface area contributed by atoms with Crippen LogP contribution in [0.5, 0.6) is 0 Å². The Bertz CT molecular complexity index is 2180. The van der Waals surface area contributed by atoms with Crippen LogP contribution in [-0.4, -0.2) is 14.6 Å². The average Bonchev–Trinajstić information content (AvgIpc) is 0.717. The second kappa shape index (κ2) is 48.1. The van der Waals surface area contributed by atoms with Crippen LogP contribution in [0.25, 0.3) is 0 Å². The van der Waals surface area contributed by atoms with E-state index in [9.17, 15) is 0 Å². The molecule has 0 aliphatic rings. The van der Waals surface area contributed by atoms with Crippen molar-refractivity contribution in [1.29, 1.82) is 0 Å². The summed E-state index contributed by atoms with van der Waals surface area (Å²) in [5.74, 6) is 0. The normalized spacial score (nSPS) is 12.5. The zero-order valence-corrected chi connectivity index (χ0v) is 57.9. The van der Waals surface area contributed by atoms with Crippen LogP contribution < -0.4 is 15.9 Å². The zero-order chi connectivity index (χ0) is 60.5. The van der Waals surface area contributed by atoms with Crippen molar-refractivity contribution >= 4 is 32.9 Å². The fourth-order valence-corrected chi connectivity index (χ4v) is 22.7. The Labute approximate surface area is 528 Å². The molecule has 5 heteroatoms. The van der Waals surface area contributed by atoms with E-state index in [1.54, 1.807) is 0 Å². The van der Waals surface area contributed by atoms with E-state index < -0.39 is 16.9 Å². The van der Waals surface area contributed by atoms with Gasteiger partial charge in [0.2, 0.25) is 0 Å². The number of rotatable bonds is 58. The molecule has 482 valence electrons. The van der Waals surface area contributed by atoms with Crippen molar-refractivity contribution in [2.75, 3.05) is 6.16 Å². The molecule has 0 fully saturated rings. The molecule has 0 amide bonds. The van der Waals surface area contributed by atoms with E-state index in [2.05, 4.69) is 107 Å². The minimum Gasteiger partial charge on any atom is -0.0654 e. The Morgan fingerprint density at radius 3 is 0.765 bits per heavy atom. The van der Waals surface area contributed by atoms with Crippen LogP contribution in [0.2, 0.25) is 0 Å². The molecule has 0 aromatic heterocycles. The summed E-state index contributed by atoms with van der Waals surface area (Å²) in [5.41, 5.74) is 3.77. The Hall–Kier alpha value is -2.78.